The highest BCUT2D eigenvalue weighted by Crippen LogP contribution is 2.00. The van der Waals surface area contributed by atoms with Crippen molar-refractivity contribution < 1.29 is 14.6 Å². The second-order valence-corrected chi connectivity index (χ2v) is 4.96. The van der Waals surface area contributed by atoms with Crippen molar-refractivity contribution >= 4 is 11.8 Å². The Kier molecular flexibility index (Phi) is 12.8. The van der Waals surface area contributed by atoms with Crippen molar-refractivity contribution in [1.29, 1.82) is 5.41 Å². The van der Waals surface area contributed by atoms with Crippen LogP contribution in [0.1, 0.15) is 12.5 Å². The molecule has 26 heavy (non-hydrogen) atoms. The Balaban J connectivity index is 0.000000589. The largest absolute Gasteiger partial charge is 0.414 e. The minimum absolute atomic E-state index is 0.102. The summed E-state index contributed by atoms with van der Waals surface area (Å²) in [5.41, 5.74) is 6.37. The first kappa shape index (κ1) is 23.1. The maximum atomic E-state index is 11.4. The Morgan fingerprint density at radius 1 is 1.38 bits per heavy atom. The lowest BCUT2D eigenvalue weighted by atomic mass is 10.2. The molecule has 142 valence electrons. The molecule has 0 atom stereocenters. The van der Waals surface area contributed by atoms with Crippen LogP contribution >= 0.6 is 0 Å². The number of allylic oxidation sites excluding steroid dienone is 2. The molecule has 0 aromatic heterocycles. The number of carbonyl (C=O) groups excluding carboxylic acids is 1. The maximum absolute atomic E-state index is 11.4. The summed E-state index contributed by atoms with van der Waals surface area (Å²) in [7, 11) is 1.50. The highest BCUT2D eigenvalue weighted by atomic mass is 16.6. The SMILES string of the molecule is C=C(CO)C(C)=N.CN.O=C(NCc1ccccc1)OC1=CC=CCN1. The summed E-state index contributed by atoms with van der Waals surface area (Å²) in [4.78, 5) is 11.4. The number of hydrogen-bond acceptors (Lipinski definition) is 6. The number of aliphatic hydroxyl groups is 1. The van der Waals surface area contributed by atoms with E-state index in [2.05, 4.69) is 22.9 Å². The van der Waals surface area contributed by atoms with Crippen LogP contribution < -0.4 is 16.4 Å². The lowest BCUT2D eigenvalue weighted by molar-refractivity contribution is 0.169. The van der Waals surface area contributed by atoms with E-state index >= 15 is 0 Å². The average Bonchev–Trinajstić information content (AvgIpc) is 2.69. The number of carbonyl (C=O) groups is 1. The van der Waals surface area contributed by atoms with E-state index in [9.17, 15) is 4.79 Å². The van der Waals surface area contributed by atoms with Crippen LogP contribution in [0.4, 0.5) is 4.79 Å². The normalized spacial score (nSPS) is 11.3. The second-order valence-electron chi connectivity index (χ2n) is 4.96. The quantitative estimate of drug-likeness (QED) is 0.515. The third-order valence-electron chi connectivity index (χ3n) is 2.98. The van der Waals surface area contributed by atoms with E-state index in [4.69, 9.17) is 15.3 Å². The first-order valence-electron chi connectivity index (χ1n) is 8.05. The number of rotatable bonds is 5. The molecule has 1 aliphatic rings. The molecule has 7 nitrogen and oxygen atoms in total. The Morgan fingerprint density at radius 2 is 2.04 bits per heavy atom. The molecule has 0 unspecified atom stereocenters. The van der Waals surface area contributed by atoms with Crippen LogP contribution in [0.3, 0.4) is 0 Å². The van der Waals surface area contributed by atoms with E-state index < -0.39 is 6.09 Å². The fraction of sp³-hybridized carbons (Fsp3) is 0.263. The van der Waals surface area contributed by atoms with Crippen molar-refractivity contribution in [3.05, 3.63) is 72.2 Å². The van der Waals surface area contributed by atoms with E-state index in [0.717, 1.165) is 5.56 Å². The van der Waals surface area contributed by atoms with Crippen molar-refractivity contribution in [1.82, 2.24) is 10.6 Å². The highest BCUT2D eigenvalue weighted by Gasteiger charge is 2.06. The van der Waals surface area contributed by atoms with Gasteiger partial charge in [-0.05, 0) is 31.2 Å². The Hall–Kier alpha value is -2.90. The van der Waals surface area contributed by atoms with Crippen molar-refractivity contribution in [3.8, 4) is 0 Å². The van der Waals surface area contributed by atoms with Crippen molar-refractivity contribution in [2.24, 2.45) is 5.73 Å². The van der Waals surface area contributed by atoms with Crippen LogP contribution in [0.15, 0.2) is 66.6 Å². The predicted molar refractivity (Wildman–Crippen MR) is 105 cm³/mol. The number of hydrogen-bond donors (Lipinski definition) is 5. The molecule has 0 fully saturated rings. The first-order chi connectivity index (χ1) is 12.5. The number of benzene rings is 1. The highest BCUT2D eigenvalue weighted by molar-refractivity contribution is 5.95. The van der Waals surface area contributed by atoms with Gasteiger partial charge in [-0.1, -0.05) is 49.1 Å². The molecule has 7 heteroatoms. The number of dihydropyridines is 1. The zero-order valence-electron chi connectivity index (χ0n) is 15.3. The number of nitrogens with two attached hydrogens (primary N) is 1. The molecule has 1 aliphatic heterocycles. The molecule has 0 spiro atoms. The van der Waals surface area contributed by atoms with E-state index in [-0.39, 0.29) is 6.61 Å². The van der Waals surface area contributed by atoms with Crippen LogP contribution in [0, 0.1) is 5.41 Å². The summed E-state index contributed by atoms with van der Waals surface area (Å²) in [5.74, 6) is 0.470. The van der Waals surface area contributed by atoms with Gasteiger partial charge in [-0.3, -0.25) is 0 Å². The summed E-state index contributed by atoms with van der Waals surface area (Å²) in [6.45, 7) is 6.03. The van der Waals surface area contributed by atoms with Crippen molar-refractivity contribution in [2.45, 2.75) is 13.5 Å². The van der Waals surface area contributed by atoms with Crippen LogP contribution in [-0.2, 0) is 11.3 Å². The summed E-state index contributed by atoms with van der Waals surface area (Å²) in [6, 6.07) is 9.68. The van der Waals surface area contributed by atoms with Gasteiger partial charge < -0.3 is 31.6 Å². The molecular weight excluding hydrogens is 332 g/mol. The number of amides is 1. The number of ether oxygens (including phenoxy) is 1. The molecular formula is C19H28N4O3. The zero-order valence-corrected chi connectivity index (χ0v) is 15.3. The Labute approximate surface area is 154 Å². The molecule has 0 aliphatic carbocycles. The van der Waals surface area contributed by atoms with Crippen LogP contribution in [0.2, 0.25) is 0 Å². The first-order valence-corrected chi connectivity index (χ1v) is 8.05. The maximum Gasteiger partial charge on any atom is 0.414 e. The lowest BCUT2D eigenvalue weighted by Gasteiger charge is -2.12. The van der Waals surface area contributed by atoms with Gasteiger partial charge in [0.2, 0.25) is 0 Å². The standard InChI is InChI=1S/C13H14N2O2.C5H9NO.CH5N/c16-13(17-12-8-4-5-9-14-12)15-10-11-6-2-1-3-7-11;1-4(3-7)5(2)6;1-2/h1-8,14H,9-10H2,(H,15,16);6-7H,1,3H2,2H3;2H2,1H3. The van der Waals surface area contributed by atoms with Gasteiger partial charge in [-0.25, -0.2) is 4.79 Å². The molecule has 1 aromatic rings. The molecule has 6 N–H and O–H groups in total. The van der Waals surface area contributed by atoms with Crippen molar-refractivity contribution in [3.63, 3.8) is 0 Å². The fourth-order valence-corrected chi connectivity index (χ4v) is 1.54. The summed E-state index contributed by atoms with van der Waals surface area (Å²) < 4.78 is 5.06. The van der Waals surface area contributed by atoms with Gasteiger partial charge in [0.25, 0.3) is 0 Å². The van der Waals surface area contributed by atoms with Gasteiger partial charge in [0, 0.05) is 18.8 Å². The topological polar surface area (TPSA) is 120 Å². The smallest absolute Gasteiger partial charge is 0.394 e. The predicted octanol–water partition coefficient (Wildman–Crippen LogP) is 2.06. The second kappa shape index (κ2) is 14.4. The molecule has 0 radical (unpaired) electrons. The monoisotopic (exact) mass is 360 g/mol. The number of aliphatic hydroxyl groups excluding tert-OH is 1. The van der Waals surface area contributed by atoms with Crippen molar-refractivity contribution in [2.75, 3.05) is 20.2 Å². The van der Waals surface area contributed by atoms with Gasteiger partial charge in [-0.2, -0.15) is 0 Å². The average molecular weight is 360 g/mol. The van der Waals surface area contributed by atoms with Crippen LogP contribution in [0.5, 0.6) is 0 Å². The van der Waals surface area contributed by atoms with Gasteiger partial charge in [0.1, 0.15) is 0 Å². The minimum Gasteiger partial charge on any atom is -0.394 e. The Morgan fingerprint density at radius 3 is 2.50 bits per heavy atom. The van der Waals surface area contributed by atoms with E-state index in [1.165, 1.54) is 7.05 Å². The van der Waals surface area contributed by atoms with Gasteiger partial charge >= 0.3 is 6.09 Å². The number of alkyl carbamates (subject to hydrolysis) is 1. The van der Waals surface area contributed by atoms with E-state index in [1.54, 1.807) is 13.0 Å². The summed E-state index contributed by atoms with van der Waals surface area (Å²) in [6.07, 6.45) is 5.04. The Bertz CT molecular complexity index is 625. The minimum atomic E-state index is -0.456. The zero-order chi connectivity index (χ0) is 19.8. The third kappa shape index (κ3) is 10.8. The van der Waals surface area contributed by atoms with Gasteiger partial charge in [0.15, 0.2) is 5.88 Å². The molecule has 0 saturated heterocycles. The van der Waals surface area contributed by atoms with Crippen LogP contribution in [-0.4, -0.2) is 37.1 Å². The third-order valence-corrected chi connectivity index (χ3v) is 2.98. The fourth-order valence-electron chi connectivity index (χ4n) is 1.54. The number of nitrogens with one attached hydrogen (secondary N) is 3. The summed E-state index contributed by atoms with van der Waals surface area (Å²) in [5, 5.41) is 20.7. The van der Waals surface area contributed by atoms with Gasteiger partial charge in [-0.15, -0.1) is 0 Å². The molecule has 0 saturated carbocycles. The molecule has 2 rings (SSSR count). The van der Waals surface area contributed by atoms with Gasteiger partial charge in [0.05, 0.1) is 6.61 Å². The molecule has 0 bridgehead atoms. The van der Waals surface area contributed by atoms with E-state index in [0.29, 0.717) is 30.3 Å². The molecule has 1 heterocycles. The molecule has 1 amide bonds. The molecule has 1 aromatic carbocycles. The summed E-state index contributed by atoms with van der Waals surface area (Å²) >= 11 is 0. The lowest BCUT2D eigenvalue weighted by Crippen LogP contribution is -2.28. The van der Waals surface area contributed by atoms with Crippen LogP contribution in [0.25, 0.3) is 0 Å². The van der Waals surface area contributed by atoms with E-state index in [1.807, 2.05) is 42.5 Å².